The molecule has 2 N–H and O–H groups in total. The second-order valence-electron chi connectivity index (χ2n) is 3.39. The Bertz CT molecular complexity index is 317. The molecule has 4 heteroatoms. The van der Waals surface area contributed by atoms with E-state index in [2.05, 4.69) is 12.2 Å². The van der Waals surface area contributed by atoms with Crippen molar-refractivity contribution in [2.75, 3.05) is 13.1 Å². The summed E-state index contributed by atoms with van der Waals surface area (Å²) in [7, 11) is 0. The fourth-order valence-corrected chi connectivity index (χ4v) is 1.83. The second-order valence-corrected chi connectivity index (χ2v) is 4.23. The van der Waals surface area contributed by atoms with E-state index in [0.29, 0.717) is 22.2 Å². The largest absolute Gasteiger partial charge is 0.387 e. The predicted octanol–water partition coefficient (Wildman–Crippen LogP) is 3.03. The van der Waals surface area contributed by atoms with E-state index in [1.807, 2.05) is 0 Å². The van der Waals surface area contributed by atoms with Gasteiger partial charge in [0.15, 0.2) is 0 Å². The Balaban J connectivity index is 2.61. The number of rotatable bonds is 5. The lowest BCUT2D eigenvalue weighted by atomic mass is 10.1. The molecule has 0 radical (unpaired) electrons. The van der Waals surface area contributed by atoms with Crippen molar-refractivity contribution < 1.29 is 5.11 Å². The molecule has 1 unspecified atom stereocenters. The molecule has 1 aromatic rings. The van der Waals surface area contributed by atoms with Crippen LogP contribution in [0.15, 0.2) is 18.2 Å². The van der Waals surface area contributed by atoms with Crippen LogP contribution in [-0.2, 0) is 0 Å². The molecule has 1 atom stereocenters. The van der Waals surface area contributed by atoms with E-state index in [4.69, 9.17) is 23.2 Å². The standard InChI is InChI=1S/C11H15Cl2NO/c1-2-5-14-7-11(15)9-4-3-8(12)6-10(9)13/h3-4,6,11,14-15H,2,5,7H2,1H3. The van der Waals surface area contributed by atoms with Crippen LogP contribution < -0.4 is 5.32 Å². The Morgan fingerprint density at radius 2 is 2.13 bits per heavy atom. The van der Waals surface area contributed by atoms with E-state index < -0.39 is 6.10 Å². The maximum atomic E-state index is 9.83. The van der Waals surface area contributed by atoms with Crippen molar-refractivity contribution in [3.63, 3.8) is 0 Å². The molecule has 0 heterocycles. The lowest BCUT2D eigenvalue weighted by molar-refractivity contribution is 0.175. The molecule has 0 aliphatic rings. The SMILES string of the molecule is CCCNCC(O)c1ccc(Cl)cc1Cl. The van der Waals surface area contributed by atoms with E-state index in [9.17, 15) is 5.11 Å². The lowest BCUT2D eigenvalue weighted by Crippen LogP contribution is -2.22. The van der Waals surface area contributed by atoms with Gasteiger partial charge in [-0.15, -0.1) is 0 Å². The molecule has 15 heavy (non-hydrogen) atoms. The molecule has 2 nitrogen and oxygen atoms in total. The summed E-state index contributed by atoms with van der Waals surface area (Å²) in [5, 5.41) is 14.1. The van der Waals surface area contributed by atoms with Crippen molar-refractivity contribution in [1.29, 1.82) is 0 Å². The summed E-state index contributed by atoms with van der Waals surface area (Å²) >= 11 is 11.7. The van der Waals surface area contributed by atoms with Crippen molar-refractivity contribution in [3.05, 3.63) is 33.8 Å². The minimum absolute atomic E-state index is 0.508. The zero-order valence-corrected chi connectivity index (χ0v) is 10.1. The van der Waals surface area contributed by atoms with Crippen LogP contribution in [-0.4, -0.2) is 18.2 Å². The van der Waals surface area contributed by atoms with Crippen LogP contribution in [0.2, 0.25) is 10.0 Å². The number of aliphatic hydroxyl groups excluding tert-OH is 1. The van der Waals surface area contributed by atoms with E-state index in [0.717, 1.165) is 13.0 Å². The molecule has 84 valence electrons. The van der Waals surface area contributed by atoms with E-state index in [1.165, 1.54) is 0 Å². The molecule has 0 bridgehead atoms. The van der Waals surface area contributed by atoms with Crippen LogP contribution in [0.3, 0.4) is 0 Å². The maximum Gasteiger partial charge on any atom is 0.0928 e. The Hall–Kier alpha value is -0.280. The van der Waals surface area contributed by atoms with Crippen LogP contribution in [0, 0.1) is 0 Å². The van der Waals surface area contributed by atoms with Crippen LogP contribution in [0.1, 0.15) is 25.0 Å². The highest BCUT2D eigenvalue weighted by atomic mass is 35.5. The number of aliphatic hydroxyl groups is 1. The first-order valence-corrected chi connectivity index (χ1v) is 5.74. The van der Waals surface area contributed by atoms with Crippen LogP contribution in [0.4, 0.5) is 0 Å². The fraction of sp³-hybridized carbons (Fsp3) is 0.455. The third kappa shape index (κ3) is 3.99. The predicted molar refractivity (Wildman–Crippen MR) is 64.6 cm³/mol. The molecular formula is C11H15Cl2NO. The number of halogens is 2. The molecule has 0 fully saturated rings. The van der Waals surface area contributed by atoms with Gasteiger partial charge in [0, 0.05) is 22.2 Å². The Kier molecular flexibility index (Phi) is 5.40. The summed E-state index contributed by atoms with van der Waals surface area (Å²) in [6, 6.07) is 5.12. The van der Waals surface area contributed by atoms with Gasteiger partial charge in [-0.05, 0) is 25.1 Å². The minimum Gasteiger partial charge on any atom is -0.387 e. The van der Waals surface area contributed by atoms with Gasteiger partial charge in [-0.3, -0.25) is 0 Å². The molecule has 0 amide bonds. The zero-order chi connectivity index (χ0) is 11.3. The number of hydrogen-bond donors (Lipinski definition) is 2. The summed E-state index contributed by atoms with van der Waals surface area (Å²) in [5.41, 5.74) is 0.713. The molecule has 1 rings (SSSR count). The topological polar surface area (TPSA) is 32.3 Å². The highest BCUT2D eigenvalue weighted by Gasteiger charge is 2.10. The third-order valence-corrected chi connectivity index (χ3v) is 2.65. The molecule has 0 aliphatic heterocycles. The van der Waals surface area contributed by atoms with Crippen molar-refractivity contribution in [1.82, 2.24) is 5.32 Å². The van der Waals surface area contributed by atoms with Gasteiger partial charge in [0.1, 0.15) is 0 Å². The van der Waals surface area contributed by atoms with Crippen LogP contribution >= 0.6 is 23.2 Å². The van der Waals surface area contributed by atoms with Gasteiger partial charge >= 0.3 is 0 Å². The summed E-state index contributed by atoms with van der Waals surface area (Å²) in [6.07, 6.45) is 0.461. The van der Waals surface area contributed by atoms with Crippen molar-refractivity contribution >= 4 is 23.2 Å². The molecule has 0 aromatic heterocycles. The summed E-state index contributed by atoms with van der Waals surface area (Å²) < 4.78 is 0. The summed E-state index contributed by atoms with van der Waals surface area (Å²) in [5.74, 6) is 0. The van der Waals surface area contributed by atoms with Gasteiger partial charge in [-0.2, -0.15) is 0 Å². The first-order valence-electron chi connectivity index (χ1n) is 4.99. The number of nitrogens with one attached hydrogen (secondary N) is 1. The van der Waals surface area contributed by atoms with Crippen molar-refractivity contribution in [2.45, 2.75) is 19.4 Å². The smallest absolute Gasteiger partial charge is 0.0928 e. The molecule has 0 saturated heterocycles. The van der Waals surface area contributed by atoms with Gasteiger partial charge in [0.05, 0.1) is 6.10 Å². The average molecular weight is 248 g/mol. The summed E-state index contributed by atoms with van der Waals surface area (Å²) in [4.78, 5) is 0. The zero-order valence-electron chi connectivity index (χ0n) is 8.63. The highest BCUT2D eigenvalue weighted by molar-refractivity contribution is 6.35. The maximum absolute atomic E-state index is 9.83. The molecule has 1 aromatic carbocycles. The van der Waals surface area contributed by atoms with Gasteiger partial charge in [0.25, 0.3) is 0 Å². The molecule has 0 saturated carbocycles. The Labute approximate surface area is 100 Å². The first-order chi connectivity index (χ1) is 7.15. The van der Waals surface area contributed by atoms with Crippen molar-refractivity contribution in [2.24, 2.45) is 0 Å². The van der Waals surface area contributed by atoms with Gasteiger partial charge in [-0.1, -0.05) is 36.2 Å². The Morgan fingerprint density at radius 1 is 1.40 bits per heavy atom. The fourth-order valence-electron chi connectivity index (χ4n) is 1.30. The summed E-state index contributed by atoms with van der Waals surface area (Å²) in [6.45, 7) is 3.48. The highest BCUT2D eigenvalue weighted by Crippen LogP contribution is 2.25. The van der Waals surface area contributed by atoms with Crippen molar-refractivity contribution in [3.8, 4) is 0 Å². The second kappa shape index (κ2) is 6.33. The normalized spacial score (nSPS) is 12.8. The van der Waals surface area contributed by atoms with Gasteiger partial charge in [-0.25, -0.2) is 0 Å². The van der Waals surface area contributed by atoms with E-state index >= 15 is 0 Å². The third-order valence-electron chi connectivity index (χ3n) is 2.09. The average Bonchev–Trinajstić information content (AvgIpc) is 2.17. The monoisotopic (exact) mass is 247 g/mol. The quantitative estimate of drug-likeness (QED) is 0.785. The van der Waals surface area contributed by atoms with Crippen LogP contribution in [0.25, 0.3) is 0 Å². The molecule has 0 spiro atoms. The Morgan fingerprint density at radius 3 is 2.73 bits per heavy atom. The minimum atomic E-state index is -0.582. The van der Waals surface area contributed by atoms with E-state index in [1.54, 1.807) is 18.2 Å². The first kappa shape index (κ1) is 12.8. The van der Waals surface area contributed by atoms with E-state index in [-0.39, 0.29) is 0 Å². The number of benzene rings is 1. The lowest BCUT2D eigenvalue weighted by Gasteiger charge is -2.13. The van der Waals surface area contributed by atoms with Gasteiger partial charge in [0.2, 0.25) is 0 Å². The van der Waals surface area contributed by atoms with Crippen LogP contribution in [0.5, 0.6) is 0 Å². The molecule has 0 aliphatic carbocycles. The molecular weight excluding hydrogens is 233 g/mol. The van der Waals surface area contributed by atoms with Gasteiger partial charge < -0.3 is 10.4 Å². The number of hydrogen-bond acceptors (Lipinski definition) is 2.